The van der Waals surface area contributed by atoms with E-state index < -0.39 is 0 Å². The Hall–Kier alpha value is -3.15. The van der Waals surface area contributed by atoms with E-state index in [1.807, 2.05) is 24.3 Å². The van der Waals surface area contributed by atoms with Gasteiger partial charge in [-0.3, -0.25) is 4.79 Å². The quantitative estimate of drug-likeness (QED) is 0.634. The van der Waals surface area contributed by atoms with Crippen LogP contribution in [0.2, 0.25) is 0 Å². The van der Waals surface area contributed by atoms with E-state index in [0.29, 0.717) is 24.5 Å². The van der Waals surface area contributed by atoms with E-state index in [9.17, 15) is 9.18 Å². The summed E-state index contributed by atoms with van der Waals surface area (Å²) in [5, 5.41) is 7.37. The number of amides is 1. The van der Waals surface area contributed by atoms with Gasteiger partial charge in [-0.2, -0.15) is 5.10 Å². The molecule has 2 aromatic carbocycles. The second kappa shape index (κ2) is 7.84. The minimum atomic E-state index is -0.315. The summed E-state index contributed by atoms with van der Waals surface area (Å²) in [6.07, 6.45) is 4.14. The van der Waals surface area contributed by atoms with Crippen molar-refractivity contribution in [3.05, 3.63) is 71.7 Å². The standard InChI is InChI=1S/C22H22FN3O2/c1-2-3-12-28-20-7-5-4-6-17(20)18-13-21(27)25-22-19(18)14-24-26(22)16-10-8-15(23)9-11-16/h4-11,14,18H,2-3,12-13H2,1H3,(H,25,27). The molecule has 1 N–H and O–H groups in total. The molecule has 0 spiro atoms. The van der Waals surface area contributed by atoms with Crippen LogP contribution in [0.25, 0.3) is 5.69 Å². The fraction of sp³-hybridized carbons (Fsp3) is 0.273. The molecule has 1 amide bonds. The number of aromatic nitrogens is 2. The van der Waals surface area contributed by atoms with Crippen molar-refractivity contribution < 1.29 is 13.9 Å². The molecule has 1 aliphatic heterocycles. The molecule has 0 aliphatic carbocycles. The van der Waals surface area contributed by atoms with E-state index in [-0.39, 0.29) is 17.6 Å². The molecule has 0 saturated heterocycles. The van der Waals surface area contributed by atoms with Crippen molar-refractivity contribution in [1.82, 2.24) is 9.78 Å². The number of rotatable bonds is 6. The van der Waals surface area contributed by atoms with Gasteiger partial charge in [0.05, 0.1) is 18.5 Å². The predicted octanol–water partition coefficient (Wildman–Crippen LogP) is 4.66. The Morgan fingerprint density at radius 2 is 1.96 bits per heavy atom. The lowest BCUT2D eigenvalue weighted by Gasteiger charge is -2.25. The van der Waals surface area contributed by atoms with E-state index >= 15 is 0 Å². The van der Waals surface area contributed by atoms with E-state index in [0.717, 1.165) is 29.7 Å². The first kappa shape index (κ1) is 18.2. The van der Waals surface area contributed by atoms with Gasteiger partial charge in [-0.25, -0.2) is 9.07 Å². The molecular formula is C22H22FN3O2. The van der Waals surface area contributed by atoms with Crippen LogP contribution in [-0.4, -0.2) is 22.3 Å². The molecule has 1 aromatic heterocycles. The van der Waals surface area contributed by atoms with E-state index in [4.69, 9.17) is 4.74 Å². The number of hydrogen-bond acceptors (Lipinski definition) is 3. The molecule has 1 atom stereocenters. The highest BCUT2D eigenvalue weighted by Gasteiger charge is 2.32. The zero-order chi connectivity index (χ0) is 19.5. The number of nitrogens with one attached hydrogen (secondary N) is 1. The fourth-order valence-corrected chi connectivity index (χ4v) is 3.50. The number of nitrogens with zero attached hydrogens (tertiary/aromatic N) is 2. The maximum atomic E-state index is 13.3. The minimum Gasteiger partial charge on any atom is -0.493 e. The molecule has 3 aromatic rings. The third kappa shape index (κ3) is 3.50. The first-order valence-corrected chi connectivity index (χ1v) is 9.52. The summed E-state index contributed by atoms with van der Waals surface area (Å²) in [6.45, 7) is 2.77. The highest BCUT2D eigenvalue weighted by Crippen LogP contribution is 2.41. The largest absolute Gasteiger partial charge is 0.493 e. The lowest BCUT2D eigenvalue weighted by molar-refractivity contribution is -0.116. The Kier molecular flexibility index (Phi) is 5.10. The molecule has 0 fully saturated rings. The molecule has 1 unspecified atom stereocenters. The van der Waals surface area contributed by atoms with Gasteiger partial charge >= 0.3 is 0 Å². The van der Waals surface area contributed by atoms with Crippen LogP contribution < -0.4 is 10.1 Å². The fourth-order valence-electron chi connectivity index (χ4n) is 3.50. The van der Waals surface area contributed by atoms with Crippen molar-refractivity contribution in [3.63, 3.8) is 0 Å². The van der Waals surface area contributed by atoms with Crippen molar-refractivity contribution in [3.8, 4) is 11.4 Å². The topological polar surface area (TPSA) is 56.1 Å². The molecule has 0 bridgehead atoms. The number of para-hydroxylation sites is 1. The number of ether oxygens (including phenoxy) is 1. The molecule has 0 saturated carbocycles. The Morgan fingerprint density at radius 1 is 1.18 bits per heavy atom. The SMILES string of the molecule is CCCCOc1ccccc1C1CC(=O)Nc2c1cnn2-c1ccc(F)cc1. The lowest BCUT2D eigenvalue weighted by atomic mass is 9.87. The Bertz CT molecular complexity index is 982. The zero-order valence-electron chi connectivity index (χ0n) is 15.7. The van der Waals surface area contributed by atoms with Crippen LogP contribution in [0.5, 0.6) is 5.75 Å². The molecule has 1 aliphatic rings. The van der Waals surface area contributed by atoms with Crippen LogP contribution >= 0.6 is 0 Å². The number of fused-ring (bicyclic) bond motifs is 1. The van der Waals surface area contributed by atoms with Crippen LogP contribution in [0, 0.1) is 5.82 Å². The number of carbonyl (C=O) groups excluding carboxylic acids is 1. The summed E-state index contributed by atoms with van der Waals surface area (Å²) in [7, 11) is 0. The highest BCUT2D eigenvalue weighted by atomic mass is 19.1. The molecule has 5 nitrogen and oxygen atoms in total. The summed E-state index contributed by atoms with van der Waals surface area (Å²) in [5.41, 5.74) is 2.60. The van der Waals surface area contributed by atoms with E-state index in [2.05, 4.69) is 17.3 Å². The molecule has 144 valence electrons. The van der Waals surface area contributed by atoms with Crippen molar-refractivity contribution >= 4 is 11.7 Å². The number of unbranched alkanes of at least 4 members (excludes halogenated alkanes) is 1. The molecule has 2 heterocycles. The number of anilines is 1. The Labute approximate surface area is 163 Å². The normalized spacial score (nSPS) is 15.8. The average molecular weight is 379 g/mol. The van der Waals surface area contributed by atoms with Gasteiger partial charge in [0.2, 0.25) is 5.91 Å². The smallest absolute Gasteiger partial charge is 0.226 e. The minimum absolute atomic E-state index is 0.0790. The van der Waals surface area contributed by atoms with E-state index in [1.165, 1.54) is 12.1 Å². The van der Waals surface area contributed by atoms with Crippen molar-refractivity contribution in [2.75, 3.05) is 11.9 Å². The van der Waals surface area contributed by atoms with Gasteiger partial charge in [0, 0.05) is 23.5 Å². The van der Waals surface area contributed by atoms with Gasteiger partial charge < -0.3 is 10.1 Å². The second-order valence-corrected chi connectivity index (χ2v) is 6.88. The maximum absolute atomic E-state index is 13.3. The van der Waals surface area contributed by atoms with E-state index in [1.54, 1.807) is 23.0 Å². The van der Waals surface area contributed by atoms with Crippen LogP contribution in [0.4, 0.5) is 10.2 Å². The predicted molar refractivity (Wildman–Crippen MR) is 105 cm³/mol. The van der Waals surface area contributed by atoms with Crippen molar-refractivity contribution in [1.29, 1.82) is 0 Å². The van der Waals surface area contributed by atoms with Crippen LogP contribution in [0.1, 0.15) is 43.2 Å². The average Bonchev–Trinajstić information content (AvgIpc) is 3.12. The lowest BCUT2D eigenvalue weighted by Crippen LogP contribution is -2.25. The summed E-state index contributed by atoms with van der Waals surface area (Å²) in [5.74, 6) is 0.887. The van der Waals surface area contributed by atoms with Crippen LogP contribution in [0.3, 0.4) is 0 Å². The first-order chi connectivity index (χ1) is 13.7. The molecule has 4 rings (SSSR count). The van der Waals surface area contributed by atoms with Gasteiger partial charge in [0.1, 0.15) is 17.4 Å². The van der Waals surface area contributed by atoms with Crippen LogP contribution in [0.15, 0.2) is 54.7 Å². The van der Waals surface area contributed by atoms with Crippen molar-refractivity contribution in [2.45, 2.75) is 32.1 Å². The number of carbonyl (C=O) groups is 1. The molecular weight excluding hydrogens is 357 g/mol. The molecule has 0 radical (unpaired) electrons. The summed E-state index contributed by atoms with van der Waals surface area (Å²) >= 11 is 0. The van der Waals surface area contributed by atoms with Gasteiger partial charge in [-0.05, 0) is 36.8 Å². The van der Waals surface area contributed by atoms with Gasteiger partial charge in [-0.15, -0.1) is 0 Å². The third-order valence-corrected chi connectivity index (χ3v) is 4.94. The monoisotopic (exact) mass is 379 g/mol. The number of halogens is 1. The van der Waals surface area contributed by atoms with Crippen molar-refractivity contribution in [2.24, 2.45) is 0 Å². The zero-order valence-corrected chi connectivity index (χ0v) is 15.7. The third-order valence-electron chi connectivity index (χ3n) is 4.94. The van der Waals surface area contributed by atoms with Crippen LogP contribution in [-0.2, 0) is 4.79 Å². The highest BCUT2D eigenvalue weighted by molar-refractivity contribution is 5.94. The maximum Gasteiger partial charge on any atom is 0.226 e. The summed E-state index contributed by atoms with van der Waals surface area (Å²) in [6, 6.07) is 13.9. The Balaban J connectivity index is 1.73. The summed E-state index contributed by atoms with van der Waals surface area (Å²) in [4.78, 5) is 12.5. The number of hydrogen-bond donors (Lipinski definition) is 1. The first-order valence-electron chi connectivity index (χ1n) is 9.52. The van der Waals surface area contributed by atoms with Gasteiger partial charge in [0.15, 0.2) is 0 Å². The summed E-state index contributed by atoms with van der Waals surface area (Å²) < 4.78 is 20.9. The van der Waals surface area contributed by atoms with Gasteiger partial charge in [0.25, 0.3) is 0 Å². The molecule has 28 heavy (non-hydrogen) atoms. The second-order valence-electron chi connectivity index (χ2n) is 6.88. The molecule has 6 heteroatoms. The Morgan fingerprint density at radius 3 is 2.75 bits per heavy atom. The number of benzene rings is 2. The van der Waals surface area contributed by atoms with Gasteiger partial charge in [-0.1, -0.05) is 31.5 Å².